The lowest BCUT2D eigenvalue weighted by atomic mass is 9.57. The Morgan fingerprint density at radius 2 is 1.52 bits per heavy atom. The monoisotopic (exact) mass is 335 g/mol. The van der Waals surface area contributed by atoms with Crippen molar-refractivity contribution in [2.45, 2.75) is 24.6 Å². The van der Waals surface area contributed by atoms with Crippen molar-refractivity contribution in [1.82, 2.24) is 9.80 Å². The first-order valence-corrected chi connectivity index (χ1v) is 9.09. The molecule has 4 heterocycles. The second-order valence-electron chi connectivity index (χ2n) is 8.43. The summed E-state index contributed by atoms with van der Waals surface area (Å²) >= 11 is 0. The minimum Gasteiger partial charge on any atom is -0.399 e. The van der Waals surface area contributed by atoms with Gasteiger partial charge in [-0.15, -0.1) is 0 Å². The SMILES string of the molecule is CC12CN3CC(c4ccccc4)(CN(C1)C3c1ccc(N)cc1)[C@H]2O. The summed E-state index contributed by atoms with van der Waals surface area (Å²) in [5.74, 6) is 0. The molecule has 4 fully saturated rings. The molecule has 0 spiro atoms. The van der Waals surface area contributed by atoms with Crippen molar-refractivity contribution in [2.75, 3.05) is 31.9 Å². The highest BCUT2D eigenvalue weighted by Crippen LogP contribution is 2.55. The highest BCUT2D eigenvalue weighted by Gasteiger charge is 2.64. The lowest BCUT2D eigenvalue weighted by Gasteiger charge is -2.69. The van der Waals surface area contributed by atoms with Crippen LogP contribution in [0.25, 0.3) is 0 Å². The van der Waals surface area contributed by atoms with E-state index in [0.717, 1.165) is 31.9 Å². The highest BCUT2D eigenvalue weighted by molar-refractivity contribution is 5.41. The van der Waals surface area contributed by atoms with Gasteiger partial charge >= 0.3 is 0 Å². The van der Waals surface area contributed by atoms with Gasteiger partial charge in [-0.2, -0.15) is 0 Å². The van der Waals surface area contributed by atoms with Crippen LogP contribution in [0, 0.1) is 5.41 Å². The van der Waals surface area contributed by atoms with Gasteiger partial charge in [0.1, 0.15) is 0 Å². The van der Waals surface area contributed by atoms with Crippen LogP contribution in [0.3, 0.4) is 0 Å². The first kappa shape index (κ1) is 15.4. The number of rotatable bonds is 2. The summed E-state index contributed by atoms with van der Waals surface area (Å²) in [6.07, 6.45) is -0.0136. The van der Waals surface area contributed by atoms with Crippen molar-refractivity contribution >= 4 is 5.69 Å². The molecule has 4 heteroatoms. The topological polar surface area (TPSA) is 52.7 Å². The van der Waals surface area contributed by atoms with Gasteiger partial charge in [0.25, 0.3) is 0 Å². The number of piperidine rings is 2. The molecule has 0 aromatic heterocycles. The van der Waals surface area contributed by atoms with E-state index in [1.54, 1.807) is 0 Å². The smallest absolute Gasteiger partial charge is 0.0887 e. The average molecular weight is 335 g/mol. The Morgan fingerprint density at radius 3 is 2.12 bits per heavy atom. The van der Waals surface area contributed by atoms with Gasteiger partial charge < -0.3 is 10.8 Å². The van der Waals surface area contributed by atoms with E-state index in [9.17, 15) is 5.11 Å². The van der Waals surface area contributed by atoms with Crippen LogP contribution in [-0.2, 0) is 5.41 Å². The van der Waals surface area contributed by atoms with Gasteiger partial charge in [0.2, 0.25) is 0 Å². The number of aliphatic hydroxyl groups excluding tert-OH is 1. The minimum atomic E-state index is -0.303. The fourth-order valence-corrected chi connectivity index (χ4v) is 5.65. The van der Waals surface area contributed by atoms with E-state index in [2.05, 4.69) is 59.2 Å². The Balaban J connectivity index is 1.58. The van der Waals surface area contributed by atoms with Crippen molar-refractivity contribution in [3.63, 3.8) is 0 Å². The number of benzene rings is 2. The summed E-state index contributed by atoms with van der Waals surface area (Å²) in [6.45, 7) is 5.92. The van der Waals surface area contributed by atoms with Crippen LogP contribution in [-0.4, -0.2) is 47.2 Å². The second-order valence-corrected chi connectivity index (χ2v) is 8.43. The Hall–Kier alpha value is -1.88. The van der Waals surface area contributed by atoms with Crippen LogP contribution in [0.2, 0.25) is 0 Å². The number of nitrogen functional groups attached to an aromatic ring is 1. The van der Waals surface area contributed by atoms with E-state index >= 15 is 0 Å². The van der Waals surface area contributed by atoms with Crippen LogP contribution in [0.1, 0.15) is 24.2 Å². The Kier molecular flexibility index (Phi) is 3.12. The molecule has 6 rings (SSSR count). The van der Waals surface area contributed by atoms with Crippen molar-refractivity contribution in [3.05, 3.63) is 65.7 Å². The van der Waals surface area contributed by atoms with Crippen LogP contribution in [0.5, 0.6) is 0 Å². The van der Waals surface area contributed by atoms with Crippen LogP contribution in [0.15, 0.2) is 54.6 Å². The van der Waals surface area contributed by atoms with E-state index in [-0.39, 0.29) is 23.1 Å². The Morgan fingerprint density at radius 1 is 0.920 bits per heavy atom. The number of anilines is 1. The minimum absolute atomic E-state index is 0.0867. The molecule has 2 unspecified atom stereocenters. The molecular formula is C21H25N3O. The molecule has 2 aromatic carbocycles. The number of hydrogen-bond donors (Lipinski definition) is 2. The molecule has 130 valence electrons. The van der Waals surface area contributed by atoms with E-state index in [4.69, 9.17) is 5.73 Å². The molecule has 4 aliphatic rings. The van der Waals surface area contributed by atoms with Crippen LogP contribution >= 0.6 is 0 Å². The van der Waals surface area contributed by atoms with Crippen molar-refractivity contribution < 1.29 is 5.11 Å². The summed E-state index contributed by atoms with van der Waals surface area (Å²) in [7, 11) is 0. The average Bonchev–Trinajstić information content (AvgIpc) is 2.60. The van der Waals surface area contributed by atoms with Gasteiger partial charge in [-0.1, -0.05) is 49.4 Å². The largest absolute Gasteiger partial charge is 0.399 e. The Labute approximate surface area is 148 Å². The molecule has 0 radical (unpaired) electrons. The van der Waals surface area contributed by atoms with Crippen molar-refractivity contribution in [3.8, 4) is 0 Å². The van der Waals surface area contributed by atoms with Gasteiger partial charge in [-0.05, 0) is 23.3 Å². The number of nitrogens with two attached hydrogens (primary N) is 1. The summed E-state index contributed by atoms with van der Waals surface area (Å²) in [5.41, 5.74) is 8.96. The van der Waals surface area contributed by atoms with Gasteiger partial charge in [0.05, 0.1) is 12.3 Å². The molecule has 3 N–H and O–H groups in total. The van der Waals surface area contributed by atoms with Crippen LogP contribution < -0.4 is 5.73 Å². The molecule has 4 saturated heterocycles. The summed E-state index contributed by atoms with van der Waals surface area (Å²) in [4.78, 5) is 5.11. The number of aliphatic hydroxyl groups is 1. The molecule has 0 saturated carbocycles. The molecule has 4 bridgehead atoms. The summed E-state index contributed by atoms with van der Waals surface area (Å²) in [6, 6.07) is 18.9. The van der Waals surface area contributed by atoms with E-state index in [0.29, 0.717) is 0 Å². The predicted octanol–water partition coefficient (Wildman–Crippen LogP) is 2.22. The highest BCUT2D eigenvalue weighted by atomic mass is 16.3. The van der Waals surface area contributed by atoms with E-state index in [1.807, 2.05) is 12.1 Å². The van der Waals surface area contributed by atoms with Crippen molar-refractivity contribution in [1.29, 1.82) is 0 Å². The molecular weight excluding hydrogens is 310 g/mol. The third kappa shape index (κ3) is 2.05. The van der Waals surface area contributed by atoms with E-state index in [1.165, 1.54) is 11.1 Å². The molecule has 4 nitrogen and oxygen atoms in total. The third-order valence-electron chi connectivity index (χ3n) is 6.56. The Bertz CT molecular complexity index is 773. The number of hydrogen-bond acceptors (Lipinski definition) is 4. The lowest BCUT2D eigenvalue weighted by Crippen LogP contribution is -2.79. The van der Waals surface area contributed by atoms with Crippen LogP contribution in [0.4, 0.5) is 5.69 Å². The van der Waals surface area contributed by atoms with Gasteiger partial charge in [-0.25, -0.2) is 0 Å². The summed E-state index contributed by atoms with van der Waals surface area (Å²) < 4.78 is 0. The van der Waals surface area contributed by atoms with E-state index < -0.39 is 0 Å². The molecule has 25 heavy (non-hydrogen) atoms. The first-order valence-electron chi connectivity index (χ1n) is 9.09. The molecule has 0 amide bonds. The van der Waals surface area contributed by atoms with Gasteiger partial charge in [-0.3, -0.25) is 9.80 Å². The standard InChI is InChI=1S/C21H25N3O/c1-20-11-23-13-21(19(20)25,16-5-3-2-4-6-16)14-24(12-20)18(23)15-7-9-17(22)10-8-15/h2-10,18-19,25H,11-14,22H2,1H3/t18?,19-,20?,21?/m0/s1. The maximum Gasteiger partial charge on any atom is 0.0887 e. The lowest BCUT2D eigenvalue weighted by molar-refractivity contribution is -0.232. The quantitative estimate of drug-likeness (QED) is 0.827. The van der Waals surface area contributed by atoms with Gasteiger partial charge in [0, 0.05) is 42.7 Å². The molecule has 4 aliphatic heterocycles. The maximum atomic E-state index is 11.3. The zero-order valence-corrected chi connectivity index (χ0v) is 14.6. The van der Waals surface area contributed by atoms with Crippen molar-refractivity contribution in [2.24, 2.45) is 5.41 Å². The summed E-state index contributed by atoms with van der Waals surface area (Å²) in [5, 5.41) is 11.3. The third-order valence-corrected chi connectivity index (χ3v) is 6.56. The second kappa shape index (κ2) is 5.07. The maximum absolute atomic E-state index is 11.3. The normalized spacial score (nSPS) is 41.8. The van der Waals surface area contributed by atoms with Gasteiger partial charge in [0.15, 0.2) is 0 Å². The molecule has 3 atom stereocenters. The predicted molar refractivity (Wildman–Crippen MR) is 99.0 cm³/mol. The zero-order valence-electron chi connectivity index (χ0n) is 14.6. The fourth-order valence-electron chi connectivity index (χ4n) is 5.65. The number of nitrogens with zero attached hydrogens (tertiary/aromatic N) is 2. The first-order chi connectivity index (χ1) is 12.0. The zero-order chi connectivity index (χ0) is 17.2. The fraction of sp³-hybridized carbons (Fsp3) is 0.429. The molecule has 0 aliphatic carbocycles. The molecule has 2 aromatic rings.